The van der Waals surface area contributed by atoms with Crippen molar-refractivity contribution in [2.24, 2.45) is 0 Å². The summed E-state index contributed by atoms with van der Waals surface area (Å²) in [5.74, 6) is -0.743. The van der Waals surface area contributed by atoms with Gasteiger partial charge in [-0.1, -0.05) is 54.6 Å². The molecule has 1 aromatic rings. The van der Waals surface area contributed by atoms with Gasteiger partial charge < -0.3 is 10.1 Å². The van der Waals surface area contributed by atoms with E-state index in [0.717, 1.165) is 19.3 Å². The lowest BCUT2D eigenvalue weighted by Crippen LogP contribution is -2.55. The van der Waals surface area contributed by atoms with Crippen molar-refractivity contribution in [1.29, 1.82) is 0 Å². The molecule has 1 fully saturated rings. The number of esters is 1. The number of amides is 1. The summed E-state index contributed by atoms with van der Waals surface area (Å²) >= 11 is 12.0. The number of halogens is 2. The molecule has 0 aliphatic heterocycles. The zero-order valence-electron chi connectivity index (χ0n) is 12.9. The zero-order chi connectivity index (χ0) is 16.9. The molecule has 2 rings (SSSR count). The Morgan fingerprint density at radius 2 is 1.91 bits per heavy atom. The van der Waals surface area contributed by atoms with E-state index in [1.54, 1.807) is 24.3 Å². The minimum Gasteiger partial charge on any atom is -0.467 e. The highest BCUT2D eigenvalue weighted by Crippen LogP contribution is 2.30. The van der Waals surface area contributed by atoms with E-state index < -0.39 is 5.54 Å². The topological polar surface area (TPSA) is 55.4 Å². The molecule has 0 aromatic heterocycles. The molecule has 124 valence electrons. The van der Waals surface area contributed by atoms with Gasteiger partial charge in [0, 0.05) is 6.08 Å². The fraction of sp³-hybridized carbons (Fsp3) is 0.412. The summed E-state index contributed by atoms with van der Waals surface area (Å²) in [5.41, 5.74) is -0.280. The number of rotatable bonds is 4. The lowest BCUT2D eigenvalue weighted by molar-refractivity contribution is -0.152. The van der Waals surface area contributed by atoms with Gasteiger partial charge in [-0.05, 0) is 30.5 Å². The highest BCUT2D eigenvalue weighted by Gasteiger charge is 2.41. The lowest BCUT2D eigenvalue weighted by Gasteiger charge is -2.34. The van der Waals surface area contributed by atoms with E-state index in [0.29, 0.717) is 28.5 Å². The zero-order valence-corrected chi connectivity index (χ0v) is 14.4. The number of carbonyl (C=O) groups is 2. The largest absolute Gasteiger partial charge is 0.467 e. The van der Waals surface area contributed by atoms with E-state index in [2.05, 4.69) is 5.32 Å². The smallest absolute Gasteiger partial charge is 0.331 e. The first-order valence-electron chi connectivity index (χ1n) is 7.51. The number of hydrogen-bond donors (Lipinski definition) is 1. The van der Waals surface area contributed by atoms with Crippen molar-refractivity contribution in [3.63, 3.8) is 0 Å². The number of nitrogens with one attached hydrogen (secondary N) is 1. The van der Waals surface area contributed by atoms with Crippen molar-refractivity contribution in [3.05, 3.63) is 39.9 Å². The van der Waals surface area contributed by atoms with Crippen molar-refractivity contribution in [2.45, 2.75) is 37.6 Å². The standard InChI is InChI=1S/C17H19Cl2NO3/c1-23-16(22)17(10-3-2-4-11-17)20-14(21)9-8-12-6-5-7-13(18)15(12)19/h5-9H,2-4,10-11H2,1H3,(H,20,21)/b9-8+. The van der Waals surface area contributed by atoms with Gasteiger partial charge in [-0.3, -0.25) is 4.79 Å². The molecular weight excluding hydrogens is 337 g/mol. The maximum atomic E-state index is 12.2. The number of carbonyl (C=O) groups excluding carboxylic acids is 2. The summed E-state index contributed by atoms with van der Waals surface area (Å²) in [7, 11) is 1.34. The fourth-order valence-corrected chi connectivity index (χ4v) is 3.19. The van der Waals surface area contributed by atoms with Crippen LogP contribution in [0.25, 0.3) is 6.08 Å². The second-order valence-corrected chi connectivity index (χ2v) is 6.39. The number of methoxy groups -OCH3 is 1. The second-order valence-electron chi connectivity index (χ2n) is 5.60. The van der Waals surface area contributed by atoms with Gasteiger partial charge in [-0.2, -0.15) is 0 Å². The molecule has 0 heterocycles. The van der Waals surface area contributed by atoms with Gasteiger partial charge in [0.2, 0.25) is 5.91 Å². The molecule has 0 saturated heterocycles. The molecule has 0 radical (unpaired) electrons. The third-order valence-corrected chi connectivity index (χ3v) is 4.87. The first kappa shape index (κ1) is 17.8. The number of benzene rings is 1. The predicted octanol–water partition coefficient (Wildman–Crippen LogP) is 4.00. The molecule has 0 atom stereocenters. The van der Waals surface area contributed by atoms with Crippen LogP contribution in [0.15, 0.2) is 24.3 Å². The van der Waals surface area contributed by atoms with E-state index >= 15 is 0 Å². The van der Waals surface area contributed by atoms with Crippen LogP contribution in [0.1, 0.15) is 37.7 Å². The molecule has 4 nitrogen and oxygen atoms in total. The van der Waals surface area contributed by atoms with E-state index in [9.17, 15) is 9.59 Å². The van der Waals surface area contributed by atoms with Gasteiger partial charge in [0.1, 0.15) is 5.54 Å². The van der Waals surface area contributed by atoms with Crippen molar-refractivity contribution in [2.75, 3.05) is 7.11 Å². The summed E-state index contributed by atoms with van der Waals surface area (Å²) in [6.07, 6.45) is 6.96. The number of ether oxygens (including phenoxy) is 1. The Labute approximate surface area is 145 Å². The van der Waals surface area contributed by atoms with Crippen LogP contribution >= 0.6 is 23.2 Å². The molecule has 0 bridgehead atoms. The van der Waals surface area contributed by atoms with Crippen LogP contribution in [-0.2, 0) is 14.3 Å². The average molecular weight is 356 g/mol. The molecule has 1 aliphatic carbocycles. The van der Waals surface area contributed by atoms with Crippen LogP contribution in [-0.4, -0.2) is 24.5 Å². The maximum Gasteiger partial charge on any atom is 0.331 e. The monoisotopic (exact) mass is 355 g/mol. The van der Waals surface area contributed by atoms with Gasteiger partial charge in [-0.15, -0.1) is 0 Å². The molecule has 1 amide bonds. The highest BCUT2D eigenvalue weighted by atomic mass is 35.5. The summed E-state index contributed by atoms with van der Waals surface area (Å²) in [4.78, 5) is 24.3. The Balaban J connectivity index is 2.11. The first-order chi connectivity index (χ1) is 11.0. The average Bonchev–Trinajstić information content (AvgIpc) is 2.56. The third-order valence-electron chi connectivity index (χ3n) is 4.04. The van der Waals surface area contributed by atoms with Gasteiger partial charge in [0.05, 0.1) is 17.2 Å². The van der Waals surface area contributed by atoms with Gasteiger partial charge in [0.15, 0.2) is 0 Å². The first-order valence-corrected chi connectivity index (χ1v) is 8.27. The Hall–Kier alpha value is -1.52. The maximum absolute atomic E-state index is 12.2. The normalized spacial score (nSPS) is 17.0. The Kier molecular flexibility index (Phi) is 6.08. The second kappa shape index (κ2) is 7.84. The van der Waals surface area contributed by atoms with Crippen LogP contribution in [0.4, 0.5) is 0 Å². The summed E-state index contributed by atoms with van der Waals surface area (Å²) in [5, 5.41) is 3.62. The van der Waals surface area contributed by atoms with E-state index in [1.165, 1.54) is 13.2 Å². The molecule has 1 aliphatic rings. The molecular formula is C17H19Cl2NO3. The highest BCUT2D eigenvalue weighted by molar-refractivity contribution is 6.42. The van der Waals surface area contributed by atoms with Crippen molar-refractivity contribution >= 4 is 41.2 Å². The molecule has 23 heavy (non-hydrogen) atoms. The van der Waals surface area contributed by atoms with Crippen molar-refractivity contribution in [1.82, 2.24) is 5.32 Å². The molecule has 1 N–H and O–H groups in total. The van der Waals surface area contributed by atoms with E-state index in [1.807, 2.05) is 0 Å². The van der Waals surface area contributed by atoms with Crippen molar-refractivity contribution in [3.8, 4) is 0 Å². The molecule has 0 spiro atoms. The van der Waals surface area contributed by atoms with Crippen LogP contribution in [0.3, 0.4) is 0 Å². The van der Waals surface area contributed by atoms with Crippen molar-refractivity contribution < 1.29 is 14.3 Å². The minimum absolute atomic E-state index is 0.353. The molecule has 6 heteroatoms. The predicted molar refractivity (Wildman–Crippen MR) is 91.5 cm³/mol. The van der Waals surface area contributed by atoms with Crippen LogP contribution in [0, 0.1) is 0 Å². The molecule has 1 aromatic carbocycles. The Morgan fingerprint density at radius 1 is 1.22 bits per heavy atom. The SMILES string of the molecule is COC(=O)C1(NC(=O)/C=C/c2cccc(Cl)c2Cl)CCCCC1. The van der Waals surface area contributed by atoms with Crippen LogP contribution < -0.4 is 5.32 Å². The van der Waals surface area contributed by atoms with E-state index in [4.69, 9.17) is 27.9 Å². The minimum atomic E-state index is -0.924. The van der Waals surface area contributed by atoms with Crippen LogP contribution in [0.5, 0.6) is 0 Å². The quantitative estimate of drug-likeness (QED) is 0.655. The molecule has 0 unspecified atom stereocenters. The Bertz CT molecular complexity index is 622. The number of hydrogen-bond acceptors (Lipinski definition) is 3. The summed E-state index contributed by atoms with van der Waals surface area (Å²) in [6.45, 7) is 0. The lowest BCUT2D eigenvalue weighted by atomic mass is 9.81. The summed E-state index contributed by atoms with van der Waals surface area (Å²) in [6, 6.07) is 5.19. The van der Waals surface area contributed by atoms with Gasteiger partial charge >= 0.3 is 5.97 Å². The molecule has 1 saturated carbocycles. The third kappa shape index (κ3) is 4.27. The van der Waals surface area contributed by atoms with E-state index in [-0.39, 0.29) is 11.9 Å². The fourth-order valence-electron chi connectivity index (χ4n) is 2.82. The Morgan fingerprint density at radius 3 is 2.57 bits per heavy atom. The summed E-state index contributed by atoms with van der Waals surface area (Å²) < 4.78 is 4.88. The van der Waals surface area contributed by atoms with Crippen LogP contribution in [0.2, 0.25) is 10.0 Å². The van der Waals surface area contributed by atoms with Gasteiger partial charge in [0.25, 0.3) is 0 Å². The van der Waals surface area contributed by atoms with Gasteiger partial charge in [-0.25, -0.2) is 4.79 Å².